The van der Waals surface area contributed by atoms with Gasteiger partial charge >= 0.3 is 5.97 Å². The third kappa shape index (κ3) is 2.57. The Hall–Kier alpha value is -2.14. The number of aromatic carboxylic acids is 1. The molecule has 0 saturated heterocycles. The molecular formula is C12H8ClFN2O2. The summed E-state index contributed by atoms with van der Waals surface area (Å²) in [6.45, 7) is 0. The Labute approximate surface area is 107 Å². The first kappa shape index (κ1) is 12.3. The van der Waals surface area contributed by atoms with Gasteiger partial charge in [0.1, 0.15) is 17.2 Å². The summed E-state index contributed by atoms with van der Waals surface area (Å²) in [4.78, 5) is 14.9. The lowest BCUT2D eigenvalue weighted by atomic mass is 10.2. The summed E-state index contributed by atoms with van der Waals surface area (Å²) in [6.07, 6.45) is 1.43. The fraction of sp³-hybridized carbons (Fsp3) is 0. The van der Waals surface area contributed by atoms with Gasteiger partial charge in [0.05, 0.1) is 10.7 Å². The van der Waals surface area contributed by atoms with Crippen molar-refractivity contribution in [3.05, 3.63) is 52.9 Å². The van der Waals surface area contributed by atoms with Gasteiger partial charge in [-0.25, -0.2) is 14.2 Å². The van der Waals surface area contributed by atoms with E-state index in [4.69, 9.17) is 16.7 Å². The molecule has 0 spiro atoms. The molecule has 6 heteroatoms. The molecule has 0 saturated carbocycles. The predicted octanol–water partition coefficient (Wildman–Crippen LogP) is 3.32. The molecule has 92 valence electrons. The van der Waals surface area contributed by atoms with E-state index in [1.54, 1.807) is 0 Å². The number of benzene rings is 1. The second-order valence-electron chi connectivity index (χ2n) is 3.45. The van der Waals surface area contributed by atoms with Crippen LogP contribution in [0.15, 0.2) is 36.5 Å². The first-order valence-electron chi connectivity index (χ1n) is 4.98. The molecule has 0 atom stereocenters. The van der Waals surface area contributed by atoms with E-state index in [-0.39, 0.29) is 22.1 Å². The van der Waals surface area contributed by atoms with Crippen LogP contribution in [0, 0.1) is 5.82 Å². The van der Waals surface area contributed by atoms with Gasteiger partial charge in [0, 0.05) is 6.20 Å². The maximum absolute atomic E-state index is 13.1. The Morgan fingerprint density at radius 3 is 2.89 bits per heavy atom. The molecule has 0 fully saturated rings. The molecular weight excluding hydrogens is 259 g/mol. The van der Waals surface area contributed by atoms with E-state index >= 15 is 0 Å². The molecule has 2 aromatic rings. The number of hydrogen-bond acceptors (Lipinski definition) is 3. The first-order valence-corrected chi connectivity index (χ1v) is 5.36. The van der Waals surface area contributed by atoms with Gasteiger partial charge in [-0.2, -0.15) is 0 Å². The van der Waals surface area contributed by atoms with Crippen LogP contribution in [0.3, 0.4) is 0 Å². The molecule has 1 aromatic carbocycles. The highest BCUT2D eigenvalue weighted by Gasteiger charge is 2.12. The van der Waals surface area contributed by atoms with Crippen molar-refractivity contribution in [3.8, 4) is 0 Å². The van der Waals surface area contributed by atoms with Crippen molar-refractivity contribution >= 4 is 29.1 Å². The summed E-state index contributed by atoms with van der Waals surface area (Å²) >= 11 is 5.87. The Balaban J connectivity index is 2.40. The highest BCUT2D eigenvalue weighted by molar-refractivity contribution is 6.33. The van der Waals surface area contributed by atoms with Gasteiger partial charge in [0.15, 0.2) is 0 Å². The third-order valence-electron chi connectivity index (χ3n) is 2.22. The van der Waals surface area contributed by atoms with E-state index in [0.29, 0.717) is 0 Å². The number of pyridine rings is 1. The van der Waals surface area contributed by atoms with Gasteiger partial charge in [0.25, 0.3) is 0 Å². The van der Waals surface area contributed by atoms with Crippen LogP contribution in [0.5, 0.6) is 0 Å². The lowest BCUT2D eigenvalue weighted by molar-refractivity contribution is 0.0697. The maximum atomic E-state index is 13.1. The number of carboxylic acids is 1. The molecule has 2 rings (SSSR count). The van der Waals surface area contributed by atoms with Gasteiger partial charge in [-0.3, -0.25) is 0 Å². The zero-order valence-corrected chi connectivity index (χ0v) is 9.78. The van der Waals surface area contributed by atoms with E-state index in [1.165, 1.54) is 36.5 Å². The average molecular weight is 267 g/mol. The molecule has 18 heavy (non-hydrogen) atoms. The fourth-order valence-corrected chi connectivity index (χ4v) is 1.56. The lowest BCUT2D eigenvalue weighted by Crippen LogP contribution is -2.04. The van der Waals surface area contributed by atoms with Crippen molar-refractivity contribution in [2.24, 2.45) is 0 Å². The van der Waals surface area contributed by atoms with Crippen molar-refractivity contribution in [3.63, 3.8) is 0 Å². The van der Waals surface area contributed by atoms with Crippen LogP contribution in [0.4, 0.5) is 15.9 Å². The van der Waals surface area contributed by atoms with E-state index in [2.05, 4.69) is 10.3 Å². The quantitative estimate of drug-likeness (QED) is 0.895. The minimum atomic E-state index is -1.13. The van der Waals surface area contributed by atoms with Gasteiger partial charge in [0.2, 0.25) is 0 Å². The number of carbonyl (C=O) groups is 1. The maximum Gasteiger partial charge on any atom is 0.339 e. The minimum absolute atomic E-state index is 0.0159. The van der Waals surface area contributed by atoms with Gasteiger partial charge in [-0.15, -0.1) is 0 Å². The summed E-state index contributed by atoms with van der Waals surface area (Å²) in [5.74, 6) is -1.50. The van der Waals surface area contributed by atoms with E-state index < -0.39 is 11.8 Å². The lowest BCUT2D eigenvalue weighted by Gasteiger charge is -2.09. The summed E-state index contributed by atoms with van der Waals surface area (Å²) in [6, 6.07) is 6.65. The zero-order chi connectivity index (χ0) is 13.1. The number of carboxylic acid groups (broad SMARTS) is 1. The molecule has 0 aliphatic rings. The van der Waals surface area contributed by atoms with Crippen molar-refractivity contribution in [1.29, 1.82) is 0 Å². The number of nitrogens with one attached hydrogen (secondary N) is 1. The van der Waals surface area contributed by atoms with Crippen LogP contribution in [0.25, 0.3) is 0 Å². The second kappa shape index (κ2) is 5.01. The Morgan fingerprint density at radius 1 is 1.39 bits per heavy atom. The molecule has 0 aliphatic heterocycles. The molecule has 1 heterocycles. The molecule has 2 N–H and O–H groups in total. The molecule has 0 radical (unpaired) electrons. The number of halogens is 2. The summed E-state index contributed by atoms with van der Waals surface area (Å²) in [5, 5.41) is 12.0. The first-order chi connectivity index (χ1) is 8.58. The van der Waals surface area contributed by atoms with Crippen LogP contribution in [0.1, 0.15) is 10.4 Å². The van der Waals surface area contributed by atoms with Crippen molar-refractivity contribution < 1.29 is 14.3 Å². The van der Waals surface area contributed by atoms with Crippen LogP contribution >= 0.6 is 11.6 Å². The monoisotopic (exact) mass is 266 g/mol. The largest absolute Gasteiger partial charge is 0.478 e. The number of anilines is 2. The van der Waals surface area contributed by atoms with Crippen molar-refractivity contribution in [1.82, 2.24) is 4.98 Å². The Kier molecular flexibility index (Phi) is 3.43. The average Bonchev–Trinajstić information content (AvgIpc) is 2.34. The van der Waals surface area contributed by atoms with E-state index in [0.717, 1.165) is 0 Å². The van der Waals surface area contributed by atoms with Crippen molar-refractivity contribution in [2.75, 3.05) is 5.32 Å². The van der Waals surface area contributed by atoms with Crippen LogP contribution in [-0.2, 0) is 0 Å². The molecule has 1 aromatic heterocycles. The highest BCUT2D eigenvalue weighted by Crippen LogP contribution is 2.26. The smallest absolute Gasteiger partial charge is 0.339 e. The number of aromatic nitrogens is 1. The number of rotatable bonds is 3. The third-order valence-corrected chi connectivity index (χ3v) is 2.55. The topological polar surface area (TPSA) is 62.2 Å². The normalized spacial score (nSPS) is 10.1. The van der Waals surface area contributed by atoms with Gasteiger partial charge in [-0.05, 0) is 30.3 Å². The van der Waals surface area contributed by atoms with Gasteiger partial charge in [-0.1, -0.05) is 11.6 Å². The molecule has 0 bridgehead atoms. The van der Waals surface area contributed by atoms with Crippen LogP contribution < -0.4 is 5.32 Å². The summed E-state index contributed by atoms with van der Waals surface area (Å²) < 4.78 is 13.1. The second-order valence-corrected chi connectivity index (χ2v) is 3.86. The molecule has 0 amide bonds. The SMILES string of the molecule is O=C(O)c1cccnc1Nc1cc(F)ccc1Cl. The van der Waals surface area contributed by atoms with Crippen LogP contribution in [-0.4, -0.2) is 16.1 Å². The van der Waals surface area contributed by atoms with Gasteiger partial charge < -0.3 is 10.4 Å². The fourth-order valence-electron chi connectivity index (χ4n) is 1.40. The highest BCUT2D eigenvalue weighted by atomic mass is 35.5. The number of hydrogen-bond donors (Lipinski definition) is 2. The number of nitrogens with zero attached hydrogens (tertiary/aromatic N) is 1. The minimum Gasteiger partial charge on any atom is -0.478 e. The summed E-state index contributed by atoms with van der Waals surface area (Å²) in [5.41, 5.74) is 0.246. The standard InChI is InChI=1S/C12H8ClFN2O2/c13-9-4-3-7(14)6-10(9)16-11-8(12(17)18)2-1-5-15-11/h1-6H,(H,15,16)(H,17,18). The summed E-state index contributed by atoms with van der Waals surface area (Å²) in [7, 11) is 0. The Morgan fingerprint density at radius 2 is 2.17 bits per heavy atom. The van der Waals surface area contributed by atoms with Crippen molar-refractivity contribution in [2.45, 2.75) is 0 Å². The Bertz CT molecular complexity index is 604. The zero-order valence-electron chi connectivity index (χ0n) is 9.02. The molecule has 0 aliphatic carbocycles. The van der Waals surface area contributed by atoms with E-state index in [9.17, 15) is 9.18 Å². The molecule has 0 unspecified atom stereocenters. The van der Waals surface area contributed by atoms with E-state index in [1.807, 2.05) is 0 Å². The molecule has 4 nitrogen and oxygen atoms in total. The predicted molar refractivity (Wildman–Crippen MR) is 65.9 cm³/mol. The van der Waals surface area contributed by atoms with Crippen LogP contribution in [0.2, 0.25) is 5.02 Å².